The lowest BCUT2D eigenvalue weighted by molar-refractivity contribution is -0.751. The number of nitrogens with two attached hydrogens (primary N) is 1. The first kappa shape index (κ1) is 10.1. The first-order valence-corrected chi connectivity index (χ1v) is 3.97. The average Bonchev–Trinajstić information content (AvgIpc) is 2.03. The molecule has 5 heteroatoms. The third kappa shape index (κ3) is 2.48. The third-order valence-corrected chi connectivity index (χ3v) is 1.84. The van der Waals surface area contributed by atoms with E-state index in [9.17, 15) is 0 Å². The Morgan fingerprint density at radius 1 is 1.31 bits per heavy atom. The lowest BCUT2D eigenvalue weighted by Gasteiger charge is -2.30. The summed E-state index contributed by atoms with van der Waals surface area (Å²) in [6.07, 6.45) is 0. The Morgan fingerprint density at radius 2 is 1.77 bits per heavy atom. The van der Waals surface area contributed by atoms with Gasteiger partial charge in [-0.2, -0.15) is 5.84 Å². The van der Waals surface area contributed by atoms with Crippen molar-refractivity contribution in [2.75, 3.05) is 14.1 Å². The summed E-state index contributed by atoms with van der Waals surface area (Å²) in [6.45, 7) is 0. The SMILES string of the molecule is C[NH+]([NH-])c1ccc([N+](C)([NH-])N)cc1. The molecule has 0 aromatic heterocycles. The smallest absolute Gasteiger partial charge is 0.142 e. The highest BCUT2D eigenvalue weighted by Gasteiger charge is 2.08. The number of nitrogens with one attached hydrogen (secondary N) is 3. The van der Waals surface area contributed by atoms with Crippen LogP contribution < -0.4 is 15.6 Å². The summed E-state index contributed by atoms with van der Waals surface area (Å²) >= 11 is 0. The maximum atomic E-state index is 7.51. The minimum atomic E-state index is -0.433. The molecule has 0 bridgehead atoms. The Bertz CT molecular complexity index is 272. The van der Waals surface area contributed by atoms with E-state index in [1.54, 1.807) is 38.4 Å². The molecule has 0 aliphatic rings. The molecule has 0 saturated carbocycles. The normalized spacial score (nSPS) is 17.9. The van der Waals surface area contributed by atoms with Crippen molar-refractivity contribution in [2.45, 2.75) is 0 Å². The Labute approximate surface area is 77.8 Å². The number of nitrogens with zero attached hydrogens (tertiary/aromatic N) is 1. The van der Waals surface area contributed by atoms with Gasteiger partial charge >= 0.3 is 0 Å². The highest BCUT2D eigenvalue weighted by molar-refractivity contribution is 5.47. The highest BCUT2D eigenvalue weighted by atomic mass is 15.7. The summed E-state index contributed by atoms with van der Waals surface area (Å²) in [7, 11) is 3.30. The van der Waals surface area contributed by atoms with Crippen LogP contribution in [0.3, 0.4) is 0 Å². The van der Waals surface area contributed by atoms with Gasteiger partial charge in [-0.05, 0) is 0 Å². The molecule has 5 N–H and O–H groups in total. The Hall–Kier alpha value is -0.980. The van der Waals surface area contributed by atoms with Crippen molar-refractivity contribution in [2.24, 2.45) is 5.84 Å². The molecule has 0 fully saturated rings. The second kappa shape index (κ2) is 3.41. The summed E-state index contributed by atoms with van der Waals surface area (Å²) < 4.78 is -0.433. The first-order chi connectivity index (χ1) is 5.91. The van der Waals surface area contributed by atoms with Crippen molar-refractivity contribution in [1.82, 2.24) is 4.70 Å². The number of hydrogen-bond donors (Lipinski definition) is 2. The van der Waals surface area contributed by atoms with Gasteiger partial charge < -0.3 is 16.7 Å². The van der Waals surface area contributed by atoms with Gasteiger partial charge in [-0.25, -0.2) is 0 Å². The van der Waals surface area contributed by atoms with Crippen molar-refractivity contribution in [3.8, 4) is 0 Å². The second-order valence-electron chi connectivity index (χ2n) is 3.25. The van der Waals surface area contributed by atoms with Crippen molar-refractivity contribution in [1.29, 1.82) is 0 Å². The zero-order valence-corrected chi connectivity index (χ0v) is 7.83. The van der Waals surface area contributed by atoms with Gasteiger partial charge in [-0.1, -0.05) is 0 Å². The molecule has 0 saturated heterocycles. The molecule has 0 aliphatic carbocycles. The van der Waals surface area contributed by atoms with Gasteiger partial charge in [0.25, 0.3) is 0 Å². The predicted octanol–water partition coefficient (Wildman–Crippen LogP) is 0.578. The van der Waals surface area contributed by atoms with Gasteiger partial charge in [-0.15, -0.1) is 0 Å². The zero-order chi connectivity index (χ0) is 10.1. The van der Waals surface area contributed by atoms with E-state index in [1.165, 1.54) is 0 Å². The summed E-state index contributed by atoms with van der Waals surface area (Å²) in [5.41, 5.74) is 1.56. The zero-order valence-electron chi connectivity index (χ0n) is 7.83. The van der Waals surface area contributed by atoms with E-state index in [-0.39, 0.29) is 0 Å². The second-order valence-corrected chi connectivity index (χ2v) is 3.25. The molecule has 1 rings (SSSR count). The van der Waals surface area contributed by atoms with E-state index in [4.69, 9.17) is 17.5 Å². The molecule has 13 heavy (non-hydrogen) atoms. The largest absolute Gasteiger partial charge is 0.464 e. The summed E-state index contributed by atoms with van der Waals surface area (Å²) in [4.78, 5) is 0. The highest BCUT2D eigenvalue weighted by Crippen LogP contribution is 2.17. The maximum Gasteiger partial charge on any atom is 0.142 e. The number of benzene rings is 1. The molecular formula is C8H15N5. The quantitative estimate of drug-likeness (QED) is 0.390. The molecule has 0 radical (unpaired) electrons. The van der Waals surface area contributed by atoms with Crippen LogP contribution in [0, 0.1) is 0 Å². The van der Waals surface area contributed by atoms with Crippen molar-refractivity contribution < 1.29 is 5.01 Å². The van der Waals surface area contributed by atoms with Crippen LogP contribution in [0.4, 0.5) is 11.4 Å². The molecule has 72 valence electrons. The fraction of sp³-hybridized carbons (Fsp3) is 0.250. The topological polar surface area (TPSA) is 78.1 Å². The van der Waals surface area contributed by atoms with Gasteiger partial charge in [0.05, 0.1) is 14.1 Å². The predicted molar refractivity (Wildman–Crippen MR) is 53.5 cm³/mol. The average molecular weight is 181 g/mol. The number of quaternary nitrogens is 2. The summed E-state index contributed by atoms with van der Waals surface area (Å²) in [6, 6.07) is 7.13. The summed E-state index contributed by atoms with van der Waals surface area (Å²) in [5.74, 6) is 20.4. The van der Waals surface area contributed by atoms with E-state index < -0.39 is 4.70 Å². The van der Waals surface area contributed by atoms with Crippen LogP contribution >= 0.6 is 0 Å². The number of rotatable bonds is 2. The molecule has 0 spiro atoms. The Morgan fingerprint density at radius 3 is 2.08 bits per heavy atom. The van der Waals surface area contributed by atoms with Crippen molar-refractivity contribution in [3.63, 3.8) is 0 Å². The van der Waals surface area contributed by atoms with E-state index in [0.29, 0.717) is 10.7 Å². The van der Waals surface area contributed by atoms with Gasteiger partial charge in [0.15, 0.2) is 0 Å². The molecule has 2 unspecified atom stereocenters. The van der Waals surface area contributed by atoms with Gasteiger partial charge in [0, 0.05) is 24.3 Å². The standard InChI is InChI=1S/C8H15N5/c1-12(9)7-3-5-8(6-4-7)13(2,10)11/h3-6,9,12H,1-2H3,(H3,10,11). The summed E-state index contributed by atoms with van der Waals surface area (Å²) in [5, 5.41) is 0.516. The fourth-order valence-electron chi connectivity index (χ4n) is 1.02. The van der Waals surface area contributed by atoms with Gasteiger partial charge in [-0.3, -0.25) is 4.70 Å². The lowest BCUT2D eigenvalue weighted by Crippen LogP contribution is -2.96. The minimum Gasteiger partial charge on any atom is -0.464 e. The molecule has 1 aromatic rings. The van der Waals surface area contributed by atoms with Gasteiger partial charge in [0.2, 0.25) is 0 Å². The van der Waals surface area contributed by atoms with Crippen LogP contribution in [0.25, 0.3) is 11.7 Å². The van der Waals surface area contributed by atoms with Crippen molar-refractivity contribution in [3.05, 3.63) is 36.0 Å². The first-order valence-electron chi connectivity index (χ1n) is 3.97. The molecule has 1 aromatic carbocycles. The molecule has 2 atom stereocenters. The number of hydrogen-bond acceptors (Lipinski definition) is 1. The third-order valence-electron chi connectivity index (χ3n) is 1.84. The Kier molecular flexibility index (Phi) is 2.65. The molecule has 0 amide bonds. The van der Waals surface area contributed by atoms with Crippen LogP contribution in [0.2, 0.25) is 0 Å². The Balaban J connectivity index is 2.94. The van der Waals surface area contributed by atoms with E-state index in [0.717, 1.165) is 5.69 Å². The molecule has 5 nitrogen and oxygen atoms in total. The van der Waals surface area contributed by atoms with Crippen LogP contribution in [0.5, 0.6) is 0 Å². The van der Waals surface area contributed by atoms with E-state index >= 15 is 0 Å². The van der Waals surface area contributed by atoms with Gasteiger partial charge in [0.1, 0.15) is 11.4 Å². The monoisotopic (exact) mass is 181 g/mol. The fourth-order valence-corrected chi connectivity index (χ4v) is 1.02. The van der Waals surface area contributed by atoms with E-state index in [1.807, 2.05) is 0 Å². The lowest BCUT2D eigenvalue weighted by atomic mass is 10.2. The van der Waals surface area contributed by atoms with Crippen LogP contribution in [-0.2, 0) is 0 Å². The molecule has 0 aliphatic heterocycles. The minimum absolute atomic E-state index is 0.433. The van der Waals surface area contributed by atoms with Crippen LogP contribution in [0.15, 0.2) is 24.3 Å². The van der Waals surface area contributed by atoms with Crippen LogP contribution in [-0.4, -0.2) is 14.1 Å². The maximum absolute atomic E-state index is 7.51. The van der Waals surface area contributed by atoms with Crippen molar-refractivity contribution >= 4 is 11.4 Å². The van der Waals surface area contributed by atoms with E-state index in [2.05, 4.69) is 0 Å². The molecular weight excluding hydrogens is 166 g/mol. The molecule has 0 heterocycles. The van der Waals surface area contributed by atoms with Crippen LogP contribution in [0.1, 0.15) is 0 Å².